The van der Waals surface area contributed by atoms with Gasteiger partial charge in [0.15, 0.2) is 0 Å². The van der Waals surface area contributed by atoms with E-state index < -0.39 is 10.0 Å². The Hall–Kier alpha value is -4.02. The predicted molar refractivity (Wildman–Crippen MR) is 143 cm³/mol. The highest BCUT2D eigenvalue weighted by Crippen LogP contribution is 2.30. The van der Waals surface area contributed by atoms with Crippen molar-refractivity contribution in [3.8, 4) is 5.75 Å². The molecule has 0 spiro atoms. The Kier molecular flexibility index (Phi) is 7.26. The lowest BCUT2D eigenvalue weighted by Crippen LogP contribution is -2.48. The molecule has 196 valence electrons. The molecule has 0 bridgehead atoms. The highest BCUT2D eigenvalue weighted by atomic mass is 32.2. The van der Waals surface area contributed by atoms with E-state index in [4.69, 9.17) is 4.74 Å². The maximum absolute atomic E-state index is 13.5. The number of aromatic nitrogens is 1. The molecular formula is C28H27FN4O4S. The van der Waals surface area contributed by atoms with Crippen LogP contribution in [0, 0.1) is 5.82 Å². The highest BCUT2D eigenvalue weighted by molar-refractivity contribution is 7.93. The normalized spacial score (nSPS) is 14.4. The van der Waals surface area contributed by atoms with Crippen LogP contribution >= 0.6 is 0 Å². The van der Waals surface area contributed by atoms with E-state index in [2.05, 4.69) is 14.6 Å². The number of piperazine rings is 1. The van der Waals surface area contributed by atoms with Crippen LogP contribution in [0.4, 0.5) is 10.1 Å². The van der Waals surface area contributed by atoms with Crippen LogP contribution in [-0.4, -0.2) is 62.4 Å². The SMILES string of the molecule is COc1cc(C(=O)N2CCN(Cc3cccc(F)c3)CC2)ccc1NS(=O)(=O)c1cccc2cccnc12. The molecule has 8 nitrogen and oxygen atoms in total. The first-order valence-electron chi connectivity index (χ1n) is 12.1. The van der Waals surface area contributed by atoms with Crippen LogP contribution in [0.5, 0.6) is 5.75 Å². The van der Waals surface area contributed by atoms with Crippen LogP contribution in [-0.2, 0) is 16.6 Å². The van der Waals surface area contributed by atoms with Gasteiger partial charge in [0.1, 0.15) is 16.5 Å². The molecule has 4 aromatic rings. The minimum absolute atomic E-state index is 0.0499. The van der Waals surface area contributed by atoms with E-state index in [9.17, 15) is 17.6 Å². The van der Waals surface area contributed by atoms with Gasteiger partial charge in [0, 0.05) is 49.9 Å². The molecule has 1 fully saturated rings. The van der Waals surface area contributed by atoms with Gasteiger partial charge in [-0.3, -0.25) is 19.4 Å². The molecule has 0 atom stereocenters. The number of hydrogen-bond donors (Lipinski definition) is 1. The Balaban J connectivity index is 1.28. The Morgan fingerprint density at radius 1 is 1.00 bits per heavy atom. The Morgan fingerprint density at radius 3 is 2.53 bits per heavy atom. The predicted octanol–water partition coefficient (Wildman–Crippen LogP) is 4.14. The molecule has 1 N–H and O–H groups in total. The van der Waals surface area contributed by atoms with Gasteiger partial charge in [-0.1, -0.05) is 30.3 Å². The van der Waals surface area contributed by atoms with Crippen LogP contribution in [0.1, 0.15) is 15.9 Å². The average molecular weight is 535 g/mol. The molecule has 38 heavy (non-hydrogen) atoms. The van der Waals surface area contributed by atoms with Gasteiger partial charge in [0.25, 0.3) is 15.9 Å². The van der Waals surface area contributed by atoms with Gasteiger partial charge < -0.3 is 9.64 Å². The minimum Gasteiger partial charge on any atom is -0.495 e. The number of fused-ring (bicyclic) bond motifs is 1. The van der Waals surface area contributed by atoms with Crippen molar-refractivity contribution in [1.82, 2.24) is 14.8 Å². The van der Waals surface area contributed by atoms with Gasteiger partial charge in [-0.05, 0) is 48.0 Å². The smallest absolute Gasteiger partial charge is 0.264 e. The monoisotopic (exact) mass is 534 g/mol. The number of nitrogens with zero attached hydrogens (tertiary/aromatic N) is 3. The zero-order chi connectivity index (χ0) is 26.7. The van der Waals surface area contributed by atoms with Crippen molar-refractivity contribution in [2.24, 2.45) is 0 Å². The molecule has 5 rings (SSSR count). The van der Waals surface area contributed by atoms with Crippen LogP contribution < -0.4 is 9.46 Å². The number of amides is 1. The topological polar surface area (TPSA) is 91.8 Å². The first-order valence-corrected chi connectivity index (χ1v) is 13.6. The Bertz CT molecular complexity index is 1580. The maximum Gasteiger partial charge on any atom is 0.264 e. The quantitative estimate of drug-likeness (QED) is 0.383. The fourth-order valence-corrected chi connectivity index (χ4v) is 5.84. The van der Waals surface area contributed by atoms with Gasteiger partial charge in [-0.2, -0.15) is 0 Å². The fourth-order valence-electron chi connectivity index (χ4n) is 4.59. The Labute approximate surface area is 220 Å². The summed E-state index contributed by atoms with van der Waals surface area (Å²) >= 11 is 0. The molecule has 10 heteroatoms. The molecule has 1 amide bonds. The summed E-state index contributed by atoms with van der Waals surface area (Å²) in [6.07, 6.45) is 1.55. The first-order chi connectivity index (χ1) is 18.3. The van der Waals surface area contributed by atoms with Crippen molar-refractivity contribution in [1.29, 1.82) is 0 Å². The molecule has 0 radical (unpaired) electrons. The van der Waals surface area contributed by atoms with E-state index in [-0.39, 0.29) is 28.1 Å². The summed E-state index contributed by atoms with van der Waals surface area (Å²) in [4.78, 5) is 21.4. The third-order valence-electron chi connectivity index (χ3n) is 6.53. The van der Waals surface area contributed by atoms with Gasteiger partial charge in [-0.25, -0.2) is 12.8 Å². The second-order valence-corrected chi connectivity index (χ2v) is 10.7. The largest absolute Gasteiger partial charge is 0.495 e. The number of nitrogens with one attached hydrogen (secondary N) is 1. The first kappa shape index (κ1) is 25.6. The zero-order valence-corrected chi connectivity index (χ0v) is 21.6. The highest BCUT2D eigenvalue weighted by Gasteiger charge is 2.25. The summed E-state index contributed by atoms with van der Waals surface area (Å²) in [7, 11) is -2.55. The van der Waals surface area contributed by atoms with Gasteiger partial charge in [-0.15, -0.1) is 0 Å². The van der Waals surface area contributed by atoms with E-state index in [1.807, 2.05) is 6.07 Å². The molecule has 0 saturated carbocycles. The van der Waals surface area contributed by atoms with Crippen LogP contribution in [0.3, 0.4) is 0 Å². The van der Waals surface area contributed by atoms with E-state index in [0.29, 0.717) is 49.2 Å². The van der Waals surface area contributed by atoms with E-state index in [0.717, 1.165) is 5.56 Å². The second-order valence-electron chi connectivity index (χ2n) is 9.05. The summed E-state index contributed by atoms with van der Waals surface area (Å²) in [5, 5.41) is 0.708. The number of methoxy groups -OCH3 is 1. The van der Waals surface area contributed by atoms with Gasteiger partial charge in [0.2, 0.25) is 0 Å². The summed E-state index contributed by atoms with van der Waals surface area (Å²) in [5.74, 6) is -0.191. The molecule has 1 aliphatic heterocycles. The zero-order valence-electron chi connectivity index (χ0n) is 20.8. The lowest BCUT2D eigenvalue weighted by atomic mass is 10.1. The lowest BCUT2D eigenvalue weighted by Gasteiger charge is -2.35. The van der Waals surface area contributed by atoms with Crippen molar-refractivity contribution in [2.75, 3.05) is 38.0 Å². The van der Waals surface area contributed by atoms with E-state index >= 15 is 0 Å². The van der Waals surface area contributed by atoms with Crippen molar-refractivity contribution in [3.63, 3.8) is 0 Å². The van der Waals surface area contributed by atoms with Crippen LogP contribution in [0.2, 0.25) is 0 Å². The number of pyridine rings is 1. The summed E-state index contributed by atoms with van der Waals surface area (Å²) in [6.45, 7) is 3.00. The fraction of sp³-hybridized carbons (Fsp3) is 0.214. The average Bonchev–Trinajstić information content (AvgIpc) is 2.93. The molecule has 0 unspecified atom stereocenters. The lowest BCUT2D eigenvalue weighted by molar-refractivity contribution is 0.0628. The third-order valence-corrected chi connectivity index (χ3v) is 7.93. The number of carbonyl (C=O) groups is 1. The summed E-state index contributed by atoms with van der Waals surface area (Å²) < 4.78 is 47.9. The number of ether oxygens (including phenoxy) is 1. The van der Waals surface area contributed by atoms with Crippen molar-refractivity contribution >= 4 is 32.5 Å². The minimum atomic E-state index is -3.98. The van der Waals surface area contributed by atoms with Gasteiger partial charge >= 0.3 is 0 Å². The number of hydrogen-bond acceptors (Lipinski definition) is 6. The molecule has 1 aromatic heterocycles. The van der Waals surface area contributed by atoms with Gasteiger partial charge in [0.05, 0.1) is 18.3 Å². The van der Waals surface area contributed by atoms with Crippen LogP contribution in [0.15, 0.2) is 83.9 Å². The summed E-state index contributed by atoms with van der Waals surface area (Å²) in [6, 6.07) is 19.7. The van der Waals surface area contributed by atoms with Crippen molar-refractivity contribution in [3.05, 3.63) is 95.9 Å². The summed E-state index contributed by atoms with van der Waals surface area (Å²) in [5.41, 5.74) is 1.88. The molecule has 1 aliphatic rings. The van der Waals surface area contributed by atoms with Crippen molar-refractivity contribution < 1.29 is 22.3 Å². The van der Waals surface area contributed by atoms with Crippen LogP contribution in [0.25, 0.3) is 10.9 Å². The number of sulfonamides is 1. The second kappa shape index (κ2) is 10.8. The number of para-hydroxylation sites is 1. The van der Waals surface area contributed by atoms with E-state index in [1.165, 1.54) is 31.4 Å². The molecule has 0 aliphatic carbocycles. The molecular weight excluding hydrogens is 507 g/mol. The molecule has 2 heterocycles. The standard InChI is InChI=1S/C28H27FN4O4S/c1-37-25-18-22(28(34)33-15-13-32(14-16-33)19-20-5-2-8-23(29)17-20)10-11-24(25)31-38(35,36)26-9-3-6-21-7-4-12-30-27(21)26/h2-12,17-18,31H,13-16,19H2,1H3. The third kappa shape index (κ3) is 5.46. The Morgan fingerprint density at radius 2 is 1.76 bits per heavy atom. The number of benzene rings is 3. The number of carbonyl (C=O) groups excluding carboxylic acids is 1. The molecule has 3 aromatic carbocycles. The number of anilines is 1. The van der Waals surface area contributed by atoms with E-state index in [1.54, 1.807) is 53.6 Å². The number of rotatable bonds is 7. The van der Waals surface area contributed by atoms with Crippen molar-refractivity contribution in [2.45, 2.75) is 11.4 Å². The molecule has 1 saturated heterocycles. The maximum atomic E-state index is 13.5. The number of halogens is 1.